The van der Waals surface area contributed by atoms with Crippen LogP contribution < -0.4 is 10.5 Å². The molecule has 1 aliphatic rings. The summed E-state index contributed by atoms with van der Waals surface area (Å²) in [5.74, 6) is 0.00511. The van der Waals surface area contributed by atoms with E-state index in [2.05, 4.69) is 12.0 Å². The normalized spacial score (nSPS) is 14.8. The molecular weight excluding hydrogens is 338 g/mol. The van der Waals surface area contributed by atoms with Crippen molar-refractivity contribution >= 4 is 17.5 Å². The number of nitrogens with zero attached hydrogens (tertiary/aromatic N) is 2. The van der Waals surface area contributed by atoms with Crippen molar-refractivity contribution in [3.63, 3.8) is 0 Å². The summed E-state index contributed by atoms with van der Waals surface area (Å²) < 4.78 is 7.79. The lowest BCUT2D eigenvalue weighted by molar-refractivity contribution is -0.125. The first-order chi connectivity index (χ1) is 12.1. The quantitative estimate of drug-likeness (QED) is 0.814. The van der Waals surface area contributed by atoms with E-state index >= 15 is 0 Å². The van der Waals surface area contributed by atoms with E-state index in [0.717, 1.165) is 31.4 Å². The molecular formula is C19H24ClN3O2. The Morgan fingerprint density at radius 3 is 2.96 bits per heavy atom. The van der Waals surface area contributed by atoms with Crippen LogP contribution in [0, 0.1) is 0 Å². The summed E-state index contributed by atoms with van der Waals surface area (Å²) in [6.07, 6.45) is 8.20. The number of aryl methyl sites for hydroxylation is 1. The predicted octanol–water partition coefficient (Wildman–Crippen LogP) is 3.83. The zero-order chi connectivity index (χ0) is 17.8. The number of rotatable bonds is 7. The highest BCUT2D eigenvalue weighted by molar-refractivity contribution is 6.32. The highest BCUT2D eigenvalue weighted by Crippen LogP contribution is 2.31. The molecule has 134 valence electrons. The zero-order valence-electron chi connectivity index (χ0n) is 14.5. The van der Waals surface area contributed by atoms with Gasteiger partial charge in [-0.2, -0.15) is 5.10 Å². The van der Waals surface area contributed by atoms with Crippen LogP contribution in [-0.2, 0) is 17.6 Å². The number of nitrogens with two attached hydrogens (primary N) is 1. The van der Waals surface area contributed by atoms with Gasteiger partial charge in [0.2, 0.25) is 0 Å². The number of aromatic nitrogens is 2. The van der Waals surface area contributed by atoms with E-state index < -0.39 is 12.0 Å². The van der Waals surface area contributed by atoms with Crippen LogP contribution in [0.5, 0.6) is 5.75 Å². The highest BCUT2D eigenvalue weighted by Gasteiger charge is 2.20. The molecule has 2 aromatic rings. The van der Waals surface area contributed by atoms with Crippen molar-refractivity contribution in [2.75, 3.05) is 0 Å². The fraction of sp³-hybridized carbons (Fsp3) is 0.474. The van der Waals surface area contributed by atoms with E-state index in [-0.39, 0.29) is 0 Å². The van der Waals surface area contributed by atoms with Crippen LogP contribution in [-0.4, -0.2) is 21.8 Å². The van der Waals surface area contributed by atoms with Crippen LogP contribution in [0.1, 0.15) is 50.3 Å². The van der Waals surface area contributed by atoms with Crippen LogP contribution in [0.3, 0.4) is 0 Å². The average Bonchev–Trinajstić information content (AvgIpc) is 3.04. The maximum Gasteiger partial charge on any atom is 0.258 e. The van der Waals surface area contributed by atoms with E-state index in [0.29, 0.717) is 17.2 Å². The number of amides is 1. The fourth-order valence-electron chi connectivity index (χ4n) is 3.23. The minimum absolute atomic E-state index is 0.465. The first-order valence-electron chi connectivity index (χ1n) is 8.91. The molecule has 0 saturated heterocycles. The van der Waals surface area contributed by atoms with Crippen molar-refractivity contribution in [2.24, 2.45) is 5.73 Å². The first kappa shape index (κ1) is 17.8. The molecule has 1 aromatic heterocycles. The summed E-state index contributed by atoms with van der Waals surface area (Å²) in [7, 11) is 0. The Bertz CT molecular complexity index is 757. The summed E-state index contributed by atoms with van der Waals surface area (Å²) in [6.45, 7) is 2.06. The third kappa shape index (κ3) is 3.98. The number of hydrogen-bond donors (Lipinski definition) is 1. The topological polar surface area (TPSA) is 70.1 Å². The monoisotopic (exact) mass is 361 g/mol. The molecule has 0 fully saturated rings. The Labute approximate surface area is 153 Å². The van der Waals surface area contributed by atoms with Gasteiger partial charge in [-0.05, 0) is 56.2 Å². The van der Waals surface area contributed by atoms with Gasteiger partial charge in [-0.15, -0.1) is 0 Å². The minimum atomic E-state index is -0.667. The standard InChI is InChI=1S/C19H24ClN3O2/c1-2-3-8-17(19(21)24)25-18-11-14(9-10-15(18)20)23-16-7-5-4-6-13(16)12-22-23/h9-12,17H,2-8H2,1H3,(H2,21,24). The molecule has 0 saturated carbocycles. The third-order valence-corrected chi connectivity index (χ3v) is 4.94. The molecule has 25 heavy (non-hydrogen) atoms. The van der Waals surface area contributed by atoms with Crippen LogP contribution in [0.2, 0.25) is 5.02 Å². The van der Waals surface area contributed by atoms with Crippen molar-refractivity contribution in [2.45, 2.75) is 58.0 Å². The molecule has 0 bridgehead atoms. The van der Waals surface area contributed by atoms with Gasteiger partial charge in [0.05, 0.1) is 16.9 Å². The SMILES string of the molecule is CCCCC(Oc1cc(-n2ncc3c2CCCC3)ccc1Cl)C(N)=O. The van der Waals surface area contributed by atoms with Crippen molar-refractivity contribution in [1.82, 2.24) is 9.78 Å². The third-order valence-electron chi connectivity index (χ3n) is 4.63. The zero-order valence-corrected chi connectivity index (χ0v) is 15.3. The van der Waals surface area contributed by atoms with E-state index in [1.54, 1.807) is 6.07 Å². The smallest absolute Gasteiger partial charge is 0.258 e. The number of carbonyl (C=O) groups is 1. The summed E-state index contributed by atoms with van der Waals surface area (Å²) in [6, 6.07) is 5.54. The van der Waals surface area contributed by atoms with Gasteiger partial charge in [-0.25, -0.2) is 4.68 Å². The first-order valence-corrected chi connectivity index (χ1v) is 9.29. The second kappa shape index (κ2) is 7.91. The molecule has 1 heterocycles. The summed E-state index contributed by atoms with van der Waals surface area (Å²) >= 11 is 6.28. The molecule has 0 spiro atoms. The highest BCUT2D eigenvalue weighted by atomic mass is 35.5. The lowest BCUT2D eigenvalue weighted by Gasteiger charge is -2.18. The van der Waals surface area contributed by atoms with Crippen molar-refractivity contribution in [3.8, 4) is 11.4 Å². The average molecular weight is 362 g/mol. The lowest BCUT2D eigenvalue weighted by atomic mass is 9.98. The van der Waals surface area contributed by atoms with Gasteiger partial charge in [0.25, 0.3) is 5.91 Å². The maximum atomic E-state index is 11.7. The molecule has 0 aliphatic heterocycles. The summed E-state index contributed by atoms with van der Waals surface area (Å²) in [5, 5.41) is 4.99. The van der Waals surface area contributed by atoms with E-state index in [4.69, 9.17) is 22.1 Å². The Hall–Kier alpha value is -2.01. The molecule has 1 unspecified atom stereocenters. The molecule has 6 heteroatoms. The fourth-order valence-corrected chi connectivity index (χ4v) is 3.39. The van der Waals surface area contributed by atoms with Crippen molar-refractivity contribution in [3.05, 3.63) is 40.7 Å². The molecule has 2 N–H and O–H groups in total. The van der Waals surface area contributed by atoms with Gasteiger partial charge in [-0.3, -0.25) is 4.79 Å². The molecule has 0 radical (unpaired) electrons. The van der Waals surface area contributed by atoms with E-state index in [9.17, 15) is 4.79 Å². The number of halogens is 1. The Morgan fingerprint density at radius 1 is 1.40 bits per heavy atom. The predicted molar refractivity (Wildman–Crippen MR) is 98.4 cm³/mol. The van der Waals surface area contributed by atoms with Crippen LogP contribution in [0.25, 0.3) is 5.69 Å². The van der Waals surface area contributed by atoms with Gasteiger partial charge >= 0.3 is 0 Å². The summed E-state index contributed by atoms with van der Waals surface area (Å²) in [4.78, 5) is 11.7. The molecule has 5 nitrogen and oxygen atoms in total. The van der Waals surface area contributed by atoms with Crippen LogP contribution in [0.15, 0.2) is 24.4 Å². The van der Waals surface area contributed by atoms with Gasteiger partial charge in [0.1, 0.15) is 5.75 Å². The summed E-state index contributed by atoms with van der Waals surface area (Å²) in [5.41, 5.74) is 8.92. The number of unbranched alkanes of at least 4 members (excludes halogenated alkanes) is 1. The number of hydrogen-bond acceptors (Lipinski definition) is 3. The van der Waals surface area contributed by atoms with Gasteiger partial charge in [0, 0.05) is 11.8 Å². The molecule has 1 atom stereocenters. The lowest BCUT2D eigenvalue weighted by Crippen LogP contribution is -2.33. The number of benzene rings is 1. The number of carbonyl (C=O) groups excluding carboxylic acids is 1. The Kier molecular flexibility index (Phi) is 5.63. The second-order valence-electron chi connectivity index (χ2n) is 6.50. The second-order valence-corrected chi connectivity index (χ2v) is 6.91. The Morgan fingerprint density at radius 2 is 2.20 bits per heavy atom. The largest absolute Gasteiger partial charge is 0.479 e. The van der Waals surface area contributed by atoms with Gasteiger partial charge in [0.15, 0.2) is 6.10 Å². The molecule has 1 amide bonds. The van der Waals surface area contributed by atoms with E-state index in [1.807, 2.05) is 23.0 Å². The maximum absolute atomic E-state index is 11.7. The van der Waals surface area contributed by atoms with Crippen molar-refractivity contribution < 1.29 is 9.53 Å². The molecule has 1 aliphatic carbocycles. The van der Waals surface area contributed by atoms with E-state index in [1.165, 1.54) is 24.1 Å². The molecule has 1 aromatic carbocycles. The van der Waals surface area contributed by atoms with Gasteiger partial charge in [-0.1, -0.05) is 24.9 Å². The Balaban J connectivity index is 1.88. The minimum Gasteiger partial charge on any atom is -0.479 e. The number of fused-ring (bicyclic) bond motifs is 1. The van der Waals surface area contributed by atoms with Crippen LogP contribution in [0.4, 0.5) is 0 Å². The van der Waals surface area contributed by atoms with Crippen LogP contribution >= 0.6 is 11.6 Å². The molecule has 3 rings (SSSR count). The van der Waals surface area contributed by atoms with Gasteiger partial charge < -0.3 is 10.5 Å². The van der Waals surface area contributed by atoms with Crippen molar-refractivity contribution in [1.29, 1.82) is 0 Å². The number of ether oxygens (including phenoxy) is 1. The number of primary amides is 1.